The van der Waals surface area contributed by atoms with Crippen molar-refractivity contribution < 1.29 is 7.16 Å². The van der Waals surface area contributed by atoms with Crippen LogP contribution < -0.4 is 0 Å². The molecular weight excluding hydrogens is 374 g/mol. The Morgan fingerprint density at radius 2 is 1.86 bits per heavy atom. The molecule has 2 nitrogen and oxygen atoms in total. The van der Waals surface area contributed by atoms with E-state index in [-0.39, 0.29) is 0 Å². The van der Waals surface area contributed by atoms with Gasteiger partial charge in [0.25, 0.3) is 0 Å². The predicted molar refractivity (Wildman–Crippen MR) is 125 cm³/mol. The Kier molecular flexibility index (Phi) is 3.59. The molecule has 0 N–H and O–H groups in total. The molecule has 0 amide bonds. The van der Waals surface area contributed by atoms with Crippen LogP contribution in [0.4, 0.5) is 0 Å². The molecule has 3 heteroatoms. The first-order valence-electron chi connectivity index (χ1n) is 10.9. The van der Waals surface area contributed by atoms with Gasteiger partial charge in [0.2, 0.25) is 0 Å². The van der Waals surface area contributed by atoms with E-state index in [9.17, 15) is 0 Å². The highest BCUT2D eigenvalue weighted by molar-refractivity contribution is 7.19. The Bertz CT molecular complexity index is 1470. The zero-order valence-corrected chi connectivity index (χ0v) is 18.2. The first-order chi connectivity index (χ1) is 14.6. The van der Waals surface area contributed by atoms with Crippen molar-refractivity contribution in [2.75, 3.05) is 0 Å². The number of rotatable bonds is 2. The van der Waals surface area contributed by atoms with Gasteiger partial charge in [-0.15, -0.1) is 11.3 Å². The minimum absolute atomic E-state index is 0.529. The van der Waals surface area contributed by atoms with Crippen molar-refractivity contribution in [3.8, 4) is 11.3 Å². The number of thiophene rings is 1. The molecule has 0 radical (unpaired) electrons. The van der Waals surface area contributed by atoms with Crippen molar-refractivity contribution in [3.05, 3.63) is 64.7 Å². The molecule has 146 valence electrons. The summed E-state index contributed by atoms with van der Waals surface area (Å²) in [4.78, 5) is 5.91. The van der Waals surface area contributed by atoms with Crippen molar-refractivity contribution >= 4 is 43.4 Å². The number of fused-ring (bicyclic) bond motifs is 4. The maximum Gasteiger partial charge on any atom is 0.144 e. The Balaban J connectivity index is 1.74. The molecule has 0 saturated carbocycles. The van der Waals surface area contributed by atoms with Crippen molar-refractivity contribution in [2.24, 2.45) is 5.41 Å². The van der Waals surface area contributed by atoms with E-state index in [0.29, 0.717) is 5.56 Å². The molecule has 3 heterocycles. The molecule has 0 atom stereocenters. The number of hydrogen-bond donors (Lipinski definition) is 0. The maximum atomic E-state index is 8.65. The van der Waals surface area contributed by atoms with Gasteiger partial charge in [-0.25, -0.2) is 0 Å². The Morgan fingerprint density at radius 3 is 2.66 bits per heavy atom. The van der Waals surface area contributed by atoms with E-state index in [1.165, 1.54) is 20.5 Å². The van der Waals surface area contributed by atoms with Gasteiger partial charge in [0.05, 0.1) is 5.69 Å². The largest absolute Gasteiger partial charge is 0.455 e. The van der Waals surface area contributed by atoms with E-state index in [1.54, 1.807) is 23.6 Å². The third-order valence-corrected chi connectivity index (χ3v) is 6.52. The quantitative estimate of drug-likeness (QED) is 0.299. The maximum absolute atomic E-state index is 8.65. The SMILES string of the molecule is [2H]C([2H])(c1ccnc(-c2cccc3c2oc2cc4sc(C)c(C)c4cc23)c1)C(C)(C)C. The second-order valence-electron chi connectivity index (χ2n) is 8.72. The molecule has 2 aromatic carbocycles. The average molecular weight is 402 g/mol. The zero-order valence-electron chi connectivity index (χ0n) is 19.4. The molecule has 0 aliphatic rings. The summed E-state index contributed by atoms with van der Waals surface area (Å²) in [7, 11) is 0. The van der Waals surface area contributed by atoms with Crippen molar-refractivity contribution in [1.82, 2.24) is 4.98 Å². The summed E-state index contributed by atoms with van der Waals surface area (Å²) in [6, 6.07) is 14.1. The topological polar surface area (TPSA) is 26.0 Å². The molecule has 0 fully saturated rings. The number of aromatic nitrogens is 1. The molecule has 5 aromatic rings. The monoisotopic (exact) mass is 401 g/mol. The summed E-state index contributed by atoms with van der Waals surface area (Å²) >= 11 is 1.80. The van der Waals surface area contributed by atoms with Crippen LogP contribution in [0, 0.1) is 19.3 Å². The fraction of sp³-hybridized carbons (Fsp3) is 0.269. The smallest absolute Gasteiger partial charge is 0.144 e. The number of furan rings is 1. The summed E-state index contributed by atoms with van der Waals surface area (Å²) in [6.07, 6.45) is 0.212. The van der Waals surface area contributed by atoms with Gasteiger partial charge in [-0.3, -0.25) is 4.98 Å². The first-order valence-corrected chi connectivity index (χ1v) is 10.7. The highest BCUT2D eigenvalue weighted by Crippen LogP contribution is 2.40. The van der Waals surface area contributed by atoms with Crippen molar-refractivity contribution in [3.63, 3.8) is 0 Å². The van der Waals surface area contributed by atoms with E-state index >= 15 is 0 Å². The van der Waals surface area contributed by atoms with Gasteiger partial charge in [-0.1, -0.05) is 32.9 Å². The molecule has 0 saturated heterocycles. The summed E-state index contributed by atoms with van der Waals surface area (Å²) in [5, 5.41) is 3.44. The van der Waals surface area contributed by atoms with Crippen LogP contribution in [-0.2, 0) is 6.37 Å². The average Bonchev–Trinajstić information content (AvgIpc) is 3.22. The van der Waals surface area contributed by atoms with Gasteiger partial charge in [0.1, 0.15) is 11.2 Å². The molecule has 3 aromatic heterocycles. The van der Waals surface area contributed by atoms with Crippen LogP contribution in [-0.4, -0.2) is 4.98 Å². The first kappa shape index (κ1) is 16.2. The number of para-hydroxylation sites is 1. The van der Waals surface area contributed by atoms with Gasteiger partial charge in [0.15, 0.2) is 0 Å². The lowest BCUT2D eigenvalue weighted by Crippen LogP contribution is -2.09. The highest BCUT2D eigenvalue weighted by atomic mass is 32.1. The fourth-order valence-corrected chi connectivity index (χ4v) is 5.00. The Hall–Kier alpha value is -2.65. The normalized spacial score (nSPS) is 14.0. The van der Waals surface area contributed by atoms with E-state index < -0.39 is 11.8 Å². The summed E-state index contributed by atoms with van der Waals surface area (Å²) in [5.41, 5.74) is 4.71. The van der Waals surface area contributed by atoms with Crippen LogP contribution in [0.1, 0.15) is 39.5 Å². The molecule has 29 heavy (non-hydrogen) atoms. The Morgan fingerprint density at radius 1 is 1.03 bits per heavy atom. The molecule has 0 bridgehead atoms. The lowest BCUT2D eigenvalue weighted by atomic mass is 9.88. The second kappa shape index (κ2) is 6.43. The van der Waals surface area contributed by atoms with Crippen LogP contribution in [0.15, 0.2) is 53.1 Å². The van der Waals surface area contributed by atoms with Crippen molar-refractivity contribution in [1.29, 1.82) is 0 Å². The van der Waals surface area contributed by atoms with Gasteiger partial charge in [0, 0.05) is 34.9 Å². The number of benzene rings is 2. The zero-order chi connectivity index (χ0) is 22.1. The highest BCUT2D eigenvalue weighted by Gasteiger charge is 2.17. The summed E-state index contributed by atoms with van der Waals surface area (Å²) in [6.45, 7) is 10.1. The standard InChI is InChI=1S/C26H25NOS/c1-15-16(2)29-24-13-23-21(12-20(15)24)18-7-6-8-19(25(18)28-23)22-11-17(9-10-27-22)14-26(3,4)5/h6-13H,14H2,1-5H3/i14D2. The second-order valence-corrected chi connectivity index (χ2v) is 9.97. The van der Waals surface area contributed by atoms with Gasteiger partial charge in [-0.05, 0) is 72.5 Å². The minimum Gasteiger partial charge on any atom is -0.455 e. The van der Waals surface area contributed by atoms with E-state index in [0.717, 1.165) is 33.2 Å². The van der Waals surface area contributed by atoms with E-state index in [4.69, 9.17) is 7.16 Å². The van der Waals surface area contributed by atoms with Gasteiger partial charge < -0.3 is 4.42 Å². The van der Waals surface area contributed by atoms with Gasteiger partial charge >= 0.3 is 0 Å². The molecule has 5 rings (SSSR count). The van der Waals surface area contributed by atoms with Gasteiger partial charge in [-0.2, -0.15) is 0 Å². The van der Waals surface area contributed by atoms with Crippen LogP contribution >= 0.6 is 11.3 Å². The lowest BCUT2D eigenvalue weighted by molar-refractivity contribution is 0.411. The van der Waals surface area contributed by atoms with Crippen molar-refractivity contribution in [2.45, 2.75) is 41.0 Å². The minimum atomic E-state index is -1.48. The Labute approximate surface area is 178 Å². The van der Waals surface area contributed by atoms with Crippen LogP contribution in [0.2, 0.25) is 0 Å². The van der Waals surface area contributed by atoms with Crippen LogP contribution in [0.5, 0.6) is 0 Å². The molecular formula is C26H25NOS. The van der Waals surface area contributed by atoms with E-state index in [2.05, 4.69) is 37.0 Å². The molecule has 0 aliphatic heterocycles. The van der Waals surface area contributed by atoms with Crippen LogP contribution in [0.25, 0.3) is 43.3 Å². The van der Waals surface area contributed by atoms with Crippen LogP contribution in [0.3, 0.4) is 0 Å². The number of nitrogens with zero attached hydrogens (tertiary/aromatic N) is 1. The lowest BCUT2D eigenvalue weighted by Gasteiger charge is -2.18. The van der Waals surface area contributed by atoms with E-state index in [1.807, 2.05) is 39.0 Å². The third kappa shape index (κ3) is 3.14. The molecule has 0 unspecified atom stereocenters. The number of hydrogen-bond acceptors (Lipinski definition) is 3. The third-order valence-electron chi connectivity index (χ3n) is 5.35. The molecule has 0 spiro atoms. The fourth-order valence-electron chi connectivity index (χ4n) is 3.92. The predicted octanol–water partition coefficient (Wildman–Crippen LogP) is 8.07. The molecule has 0 aliphatic carbocycles. The number of pyridine rings is 1. The summed E-state index contributed by atoms with van der Waals surface area (Å²) < 4.78 is 24.9. The number of aryl methyl sites for hydroxylation is 2. The summed E-state index contributed by atoms with van der Waals surface area (Å²) in [5.74, 6) is 0.